The van der Waals surface area contributed by atoms with E-state index in [-0.39, 0.29) is 11.8 Å². The Kier molecular flexibility index (Phi) is 2.62. The first-order chi connectivity index (χ1) is 7.53. The first kappa shape index (κ1) is 11.0. The number of hydrogen-bond acceptors (Lipinski definition) is 2. The van der Waals surface area contributed by atoms with E-state index in [9.17, 15) is 4.79 Å². The zero-order valence-corrected chi connectivity index (χ0v) is 9.73. The molecule has 0 heterocycles. The van der Waals surface area contributed by atoms with Gasteiger partial charge < -0.3 is 10.0 Å². The van der Waals surface area contributed by atoms with Gasteiger partial charge in [-0.3, -0.25) is 4.79 Å². The summed E-state index contributed by atoms with van der Waals surface area (Å²) in [5.74, 6) is -0.701. The van der Waals surface area contributed by atoms with E-state index in [1.54, 1.807) is 0 Å². The van der Waals surface area contributed by atoms with Crippen LogP contribution in [-0.4, -0.2) is 25.2 Å². The Morgan fingerprint density at radius 3 is 2.62 bits per heavy atom. The molecule has 1 aliphatic rings. The lowest BCUT2D eigenvalue weighted by atomic mass is 9.92. The van der Waals surface area contributed by atoms with Gasteiger partial charge in [-0.1, -0.05) is 12.1 Å². The van der Waals surface area contributed by atoms with E-state index in [2.05, 4.69) is 6.07 Å². The molecule has 1 fully saturated rings. The molecule has 1 N–H and O–H groups in total. The first-order valence-corrected chi connectivity index (χ1v) is 5.53. The van der Waals surface area contributed by atoms with Crippen LogP contribution in [0.15, 0.2) is 24.3 Å². The van der Waals surface area contributed by atoms with Crippen LogP contribution in [0, 0.1) is 0 Å². The normalized spacial score (nSPS) is 16.9. The third-order valence-electron chi connectivity index (χ3n) is 3.32. The number of nitrogens with zero attached hydrogens (tertiary/aromatic N) is 1. The van der Waals surface area contributed by atoms with Crippen molar-refractivity contribution in [3.05, 3.63) is 29.8 Å². The maximum absolute atomic E-state index is 10.8. The molecule has 0 radical (unpaired) electrons. The average Bonchev–Trinajstić information content (AvgIpc) is 2.98. The molecule has 0 aromatic heterocycles. The zero-order chi connectivity index (χ0) is 11.8. The molecule has 3 heteroatoms. The Hall–Kier alpha value is -1.51. The average molecular weight is 219 g/mol. The van der Waals surface area contributed by atoms with Crippen molar-refractivity contribution in [2.75, 3.05) is 19.0 Å². The van der Waals surface area contributed by atoms with E-state index in [0.29, 0.717) is 0 Å². The number of benzene rings is 1. The Balaban J connectivity index is 2.27. The molecule has 0 aliphatic heterocycles. The van der Waals surface area contributed by atoms with Crippen molar-refractivity contribution in [2.45, 2.75) is 24.7 Å². The molecule has 1 aromatic carbocycles. The van der Waals surface area contributed by atoms with Gasteiger partial charge in [-0.25, -0.2) is 0 Å². The van der Waals surface area contributed by atoms with Crippen LogP contribution >= 0.6 is 0 Å². The van der Waals surface area contributed by atoms with Crippen LogP contribution in [0.25, 0.3) is 0 Å². The Bertz CT molecular complexity index is 408. The van der Waals surface area contributed by atoms with Crippen LogP contribution < -0.4 is 4.90 Å². The summed E-state index contributed by atoms with van der Waals surface area (Å²) in [6.07, 6.45) is 2.25. The summed E-state index contributed by atoms with van der Waals surface area (Å²) < 4.78 is 0. The second-order valence-electron chi connectivity index (χ2n) is 4.80. The summed E-state index contributed by atoms with van der Waals surface area (Å²) in [4.78, 5) is 12.9. The van der Waals surface area contributed by atoms with Crippen LogP contribution in [0.5, 0.6) is 0 Å². The van der Waals surface area contributed by atoms with Crippen molar-refractivity contribution in [3.63, 3.8) is 0 Å². The molecule has 0 atom stereocenters. The highest BCUT2D eigenvalue weighted by molar-refractivity contribution is 5.70. The van der Waals surface area contributed by atoms with E-state index in [0.717, 1.165) is 18.5 Å². The number of hydrogen-bond donors (Lipinski definition) is 1. The lowest BCUT2D eigenvalue weighted by molar-refractivity contribution is -0.137. The molecule has 0 unspecified atom stereocenters. The lowest BCUT2D eigenvalue weighted by Crippen LogP contribution is -2.14. The van der Waals surface area contributed by atoms with Crippen molar-refractivity contribution in [1.29, 1.82) is 0 Å². The van der Waals surface area contributed by atoms with Crippen molar-refractivity contribution in [3.8, 4) is 0 Å². The topological polar surface area (TPSA) is 40.5 Å². The largest absolute Gasteiger partial charge is 0.481 e. The van der Waals surface area contributed by atoms with Crippen molar-refractivity contribution in [2.24, 2.45) is 0 Å². The maximum atomic E-state index is 10.8. The molecule has 1 aliphatic carbocycles. The Morgan fingerprint density at radius 2 is 2.12 bits per heavy atom. The van der Waals surface area contributed by atoms with Gasteiger partial charge in [0, 0.05) is 25.2 Å². The van der Waals surface area contributed by atoms with Gasteiger partial charge in [-0.05, 0) is 30.5 Å². The number of aliphatic carboxylic acids is 1. The molecule has 0 amide bonds. The fraction of sp³-hybridized carbons (Fsp3) is 0.462. The predicted molar refractivity (Wildman–Crippen MR) is 63.9 cm³/mol. The van der Waals surface area contributed by atoms with E-state index < -0.39 is 5.97 Å². The number of carbonyl (C=O) groups is 1. The summed E-state index contributed by atoms with van der Waals surface area (Å²) in [7, 11) is 3.99. The molecule has 16 heavy (non-hydrogen) atoms. The second kappa shape index (κ2) is 3.81. The molecular weight excluding hydrogens is 202 g/mol. The standard InChI is InChI=1S/C13H17NO2/c1-14(2)11-5-3-4-10(8-11)13(6-7-13)9-12(15)16/h3-5,8H,6-7,9H2,1-2H3,(H,15,16). The van der Waals surface area contributed by atoms with Crippen molar-refractivity contribution >= 4 is 11.7 Å². The van der Waals surface area contributed by atoms with Crippen molar-refractivity contribution in [1.82, 2.24) is 0 Å². The first-order valence-electron chi connectivity index (χ1n) is 5.53. The Labute approximate surface area is 95.7 Å². The van der Waals surface area contributed by atoms with Crippen LogP contribution in [0.2, 0.25) is 0 Å². The monoisotopic (exact) mass is 219 g/mol. The van der Waals surface area contributed by atoms with Crippen LogP contribution in [-0.2, 0) is 10.2 Å². The number of carboxylic acids is 1. The predicted octanol–water partition coefficient (Wildman–Crippen LogP) is 2.26. The van der Waals surface area contributed by atoms with E-state index >= 15 is 0 Å². The summed E-state index contributed by atoms with van der Waals surface area (Å²) in [6.45, 7) is 0. The Morgan fingerprint density at radius 1 is 1.44 bits per heavy atom. The second-order valence-corrected chi connectivity index (χ2v) is 4.80. The summed E-state index contributed by atoms with van der Waals surface area (Å²) >= 11 is 0. The SMILES string of the molecule is CN(C)c1cccc(C2(CC(=O)O)CC2)c1. The maximum Gasteiger partial charge on any atom is 0.304 e. The summed E-state index contributed by atoms with van der Waals surface area (Å²) in [5.41, 5.74) is 2.22. The van der Waals surface area contributed by atoms with E-state index in [4.69, 9.17) is 5.11 Å². The van der Waals surface area contributed by atoms with Crippen LogP contribution in [0.4, 0.5) is 5.69 Å². The highest BCUT2D eigenvalue weighted by Crippen LogP contribution is 2.51. The third kappa shape index (κ3) is 2.03. The molecular formula is C13H17NO2. The van der Waals surface area contributed by atoms with Gasteiger partial charge in [0.15, 0.2) is 0 Å². The van der Waals surface area contributed by atoms with Gasteiger partial charge in [-0.2, -0.15) is 0 Å². The summed E-state index contributed by atoms with van der Waals surface area (Å²) in [5, 5.41) is 8.92. The van der Waals surface area contributed by atoms with Gasteiger partial charge in [0.2, 0.25) is 0 Å². The van der Waals surface area contributed by atoms with Crippen LogP contribution in [0.3, 0.4) is 0 Å². The molecule has 1 aromatic rings. The van der Waals surface area contributed by atoms with E-state index in [1.807, 2.05) is 37.2 Å². The highest BCUT2D eigenvalue weighted by atomic mass is 16.4. The molecule has 0 bridgehead atoms. The smallest absolute Gasteiger partial charge is 0.304 e. The minimum Gasteiger partial charge on any atom is -0.481 e. The highest BCUT2D eigenvalue weighted by Gasteiger charge is 2.45. The van der Waals surface area contributed by atoms with Gasteiger partial charge in [-0.15, -0.1) is 0 Å². The summed E-state index contributed by atoms with van der Waals surface area (Å²) in [6, 6.07) is 8.20. The molecule has 86 valence electrons. The quantitative estimate of drug-likeness (QED) is 0.844. The zero-order valence-electron chi connectivity index (χ0n) is 9.73. The van der Waals surface area contributed by atoms with Gasteiger partial charge in [0.05, 0.1) is 6.42 Å². The van der Waals surface area contributed by atoms with Gasteiger partial charge in [0.25, 0.3) is 0 Å². The van der Waals surface area contributed by atoms with Gasteiger partial charge in [0.1, 0.15) is 0 Å². The fourth-order valence-electron chi connectivity index (χ4n) is 2.12. The molecule has 0 saturated heterocycles. The molecule has 1 saturated carbocycles. The minimum atomic E-state index is -0.701. The molecule has 2 rings (SSSR count). The minimum absolute atomic E-state index is 0.0855. The lowest BCUT2D eigenvalue weighted by Gasteiger charge is -2.17. The van der Waals surface area contributed by atoms with Gasteiger partial charge >= 0.3 is 5.97 Å². The third-order valence-corrected chi connectivity index (χ3v) is 3.32. The molecule has 0 spiro atoms. The number of rotatable bonds is 4. The van der Waals surface area contributed by atoms with Crippen molar-refractivity contribution < 1.29 is 9.90 Å². The van der Waals surface area contributed by atoms with E-state index in [1.165, 1.54) is 5.56 Å². The van der Waals surface area contributed by atoms with Crippen LogP contribution in [0.1, 0.15) is 24.8 Å². The fourth-order valence-corrected chi connectivity index (χ4v) is 2.12. The number of carboxylic acid groups (broad SMARTS) is 1. The number of anilines is 1. The molecule has 3 nitrogen and oxygen atoms in total.